The lowest BCUT2D eigenvalue weighted by Gasteiger charge is -2.26. The minimum absolute atomic E-state index is 0.210. The molecule has 4 atom stereocenters. The zero-order valence-corrected chi connectivity index (χ0v) is 35.6. The van der Waals surface area contributed by atoms with E-state index in [1.54, 1.807) is 38.1 Å². The molecule has 308 valence electrons. The molecule has 8 rings (SSSR count). The molecule has 4 aromatic carbocycles. The normalized spacial score (nSPS) is 23.9. The number of sulfonamides is 2. The predicted octanol–water partition coefficient (Wildman–Crippen LogP) is 5.54. The first-order valence-corrected chi connectivity index (χ1v) is 22.7. The Hall–Kier alpha value is -4.44. The van der Waals surface area contributed by atoms with E-state index in [1.807, 2.05) is 64.1 Å². The molecule has 0 saturated heterocycles. The number of nitrogens with two attached hydrogens (primary N) is 2. The number of hydrogen-bond acceptors (Lipinski definition) is 10. The fraction of sp³-hybridized carbons (Fsp3) is 0.409. The van der Waals surface area contributed by atoms with Gasteiger partial charge in [-0.2, -0.15) is 0 Å². The average Bonchev–Trinajstić information content (AvgIpc) is 3.91. The summed E-state index contributed by atoms with van der Waals surface area (Å²) in [7, 11) is -7.43. The van der Waals surface area contributed by atoms with Crippen molar-refractivity contribution in [3.8, 4) is 22.3 Å². The number of amidine groups is 2. The lowest BCUT2D eigenvalue weighted by atomic mass is 9.91. The molecular weight excluding hydrogens is 773 g/mol. The average molecular weight is 827 g/mol. The van der Waals surface area contributed by atoms with Gasteiger partial charge in [-0.25, -0.2) is 26.3 Å². The first-order chi connectivity index (χ1) is 27.2. The number of aliphatic imine (C=N–C) groups is 2. The topological polar surface area (TPSA) is 210 Å². The molecule has 14 heteroatoms. The highest BCUT2D eigenvalue weighted by molar-refractivity contribution is 7.89. The van der Waals surface area contributed by atoms with Gasteiger partial charge in [-0.1, -0.05) is 36.4 Å². The third-order valence-corrected chi connectivity index (χ3v) is 15.4. The first kappa shape index (κ1) is 41.7. The number of aryl methyl sites for hydroxylation is 2. The predicted molar refractivity (Wildman–Crippen MR) is 229 cm³/mol. The number of nitrogens with zero attached hydrogens (tertiary/aromatic N) is 2. The summed E-state index contributed by atoms with van der Waals surface area (Å²) in [5.41, 5.74) is 22.1. The lowest BCUT2D eigenvalue weighted by Crippen LogP contribution is -2.47. The van der Waals surface area contributed by atoms with Gasteiger partial charge < -0.3 is 21.7 Å². The van der Waals surface area contributed by atoms with Gasteiger partial charge >= 0.3 is 0 Å². The van der Waals surface area contributed by atoms with Crippen LogP contribution < -0.4 is 20.9 Å². The second kappa shape index (κ2) is 15.3. The van der Waals surface area contributed by atoms with Crippen LogP contribution in [0.4, 0.5) is 0 Å². The zero-order chi connectivity index (χ0) is 41.9. The number of aliphatic hydroxyl groups is 2. The van der Waals surface area contributed by atoms with Crippen LogP contribution in [-0.4, -0.2) is 62.0 Å². The summed E-state index contributed by atoms with van der Waals surface area (Å²) in [5, 5.41) is 20.8. The summed E-state index contributed by atoms with van der Waals surface area (Å²) < 4.78 is 56.9. The Bertz CT molecular complexity index is 2420. The van der Waals surface area contributed by atoms with Crippen LogP contribution in [0.5, 0.6) is 0 Å². The van der Waals surface area contributed by atoms with E-state index < -0.39 is 43.3 Å². The second-order valence-corrected chi connectivity index (χ2v) is 20.2. The summed E-state index contributed by atoms with van der Waals surface area (Å²) in [6.07, 6.45) is 4.09. The van der Waals surface area contributed by atoms with Gasteiger partial charge in [0.15, 0.2) is 0 Å². The summed E-state index contributed by atoms with van der Waals surface area (Å²) in [4.78, 5) is 9.05. The molecule has 0 spiro atoms. The molecule has 2 fully saturated rings. The minimum Gasteiger partial charge on any atom is -0.389 e. The van der Waals surface area contributed by atoms with Crippen molar-refractivity contribution >= 4 is 31.7 Å². The van der Waals surface area contributed by atoms with Crippen LogP contribution in [0.3, 0.4) is 0 Å². The summed E-state index contributed by atoms with van der Waals surface area (Å²) in [6.45, 7) is 12.4. The van der Waals surface area contributed by atoms with E-state index in [4.69, 9.17) is 11.5 Å². The molecular formula is C44H54N6O6S2. The van der Waals surface area contributed by atoms with E-state index in [0.29, 0.717) is 50.4 Å². The molecule has 0 radical (unpaired) electrons. The van der Waals surface area contributed by atoms with Gasteiger partial charge in [0, 0.05) is 11.1 Å². The smallest absolute Gasteiger partial charge is 0.240 e. The van der Waals surface area contributed by atoms with Crippen LogP contribution in [0.25, 0.3) is 22.3 Å². The van der Waals surface area contributed by atoms with Crippen molar-refractivity contribution in [1.82, 2.24) is 9.44 Å². The lowest BCUT2D eigenvalue weighted by molar-refractivity contribution is 0.0462. The van der Waals surface area contributed by atoms with Crippen LogP contribution in [0.1, 0.15) is 96.9 Å². The van der Waals surface area contributed by atoms with Gasteiger partial charge in [0.1, 0.15) is 11.7 Å². The number of hydrogen-bond donors (Lipinski definition) is 6. The highest BCUT2D eigenvalue weighted by Crippen LogP contribution is 2.37. The van der Waals surface area contributed by atoms with Gasteiger partial charge in [0.05, 0.1) is 46.2 Å². The monoisotopic (exact) mass is 826 g/mol. The fourth-order valence-electron chi connectivity index (χ4n) is 8.99. The maximum atomic E-state index is 12.9. The number of benzene rings is 4. The molecule has 4 aromatic rings. The van der Waals surface area contributed by atoms with Gasteiger partial charge in [-0.3, -0.25) is 9.98 Å². The highest BCUT2D eigenvalue weighted by atomic mass is 32.2. The standard InChI is InChI=1S/2C22H27N3O3S/c2*1-13-11-16(29(27,28)25-19-5-4-10-22(19,3)26)7-9-17(13)18-8-6-15-12-24-21(23)20(15)14(18)2/h2*6-9,11,19,25-26H,4-5,10,12H2,1-3H3,(H2,23,24)/t19-,22+;19-,22-/m00/s1. The van der Waals surface area contributed by atoms with Crippen molar-refractivity contribution in [2.24, 2.45) is 21.5 Å². The van der Waals surface area contributed by atoms with E-state index in [2.05, 4.69) is 19.4 Å². The molecule has 4 aliphatic rings. The number of nitrogens with one attached hydrogen (secondary N) is 2. The molecule has 2 aliphatic carbocycles. The first-order valence-electron chi connectivity index (χ1n) is 19.8. The zero-order valence-electron chi connectivity index (χ0n) is 34.0. The Labute approximate surface area is 342 Å². The molecule has 2 saturated carbocycles. The third kappa shape index (κ3) is 7.85. The van der Waals surface area contributed by atoms with Crippen molar-refractivity contribution in [3.63, 3.8) is 0 Å². The Morgan fingerprint density at radius 2 is 0.966 bits per heavy atom. The molecule has 0 aromatic heterocycles. The molecule has 58 heavy (non-hydrogen) atoms. The van der Waals surface area contributed by atoms with Gasteiger partial charge in [0.25, 0.3) is 0 Å². The minimum atomic E-state index is -3.71. The molecule has 2 heterocycles. The molecule has 2 aliphatic heterocycles. The van der Waals surface area contributed by atoms with Crippen molar-refractivity contribution in [3.05, 3.63) is 105 Å². The Balaban J connectivity index is 0.000000177. The quantitative estimate of drug-likeness (QED) is 0.133. The molecule has 0 bridgehead atoms. The van der Waals surface area contributed by atoms with E-state index in [9.17, 15) is 27.0 Å². The van der Waals surface area contributed by atoms with Crippen LogP contribution in [0.2, 0.25) is 0 Å². The Morgan fingerprint density at radius 1 is 0.603 bits per heavy atom. The number of fused-ring (bicyclic) bond motifs is 2. The van der Waals surface area contributed by atoms with Crippen molar-refractivity contribution in [2.75, 3.05) is 0 Å². The van der Waals surface area contributed by atoms with E-state index in [0.717, 1.165) is 79.6 Å². The van der Waals surface area contributed by atoms with Crippen molar-refractivity contribution in [1.29, 1.82) is 0 Å². The van der Waals surface area contributed by atoms with E-state index in [1.165, 1.54) is 0 Å². The Kier molecular flexibility index (Phi) is 11.0. The van der Waals surface area contributed by atoms with Crippen molar-refractivity contribution < 1.29 is 27.0 Å². The SMILES string of the molecule is Cc1cc(S(=O)(=O)N[C@H]2CCC[C@@]2(C)O)ccc1-c1ccc2c(c1C)C(N)=NC2.Cc1cc(S(=O)(=O)N[C@H]2CCC[C@]2(C)O)ccc1-c1ccc2c(c1C)C(N)=NC2. The molecule has 12 nitrogen and oxygen atoms in total. The van der Waals surface area contributed by atoms with Crippen LogP contribution >= 0.6 is 0 Å². The maximum absolute atomic E-state index is 12.9. The van der Waals surface area contributed by atoms with Gasteiger partial charge in [0.2, 0.25) is 20.0 Å². The van der Waals surface area contributed by atoms with E-state index in [-0.39, 0.29) is 9.79 Å². The largest absolute Gasteiger partial charge is 0.389 e. The molecule has 0 amide bonds. The number of rotatable bonds is 8. The second-order valence-electron chi connectivity index (χ2n) is 16.7. The fourth-order valence-corrected chi connectivity index (χ4v) is 11.9. The van der Waals surface area contributed by atoms with Crippen LogP contribution in [-0.2, 0) is 33.1 Å². The van der Waals surface area contributed by atoms with Crippen LogP contribution in [0, 0.1) is 27.7 Å². The van der Waals surface area contributed by atoms with Crippen molar-refractivity contribution in [2.45, 2.75) is 126 Å². The molecule has 8 N–H and O–H groups in total. The molecule has 0 unspecified atom stereocenters. The summed E-state index contributed by atoms with van der Waals surface area (Å²) in [6, 6.07) is 17.5. The third-order valence-electron chi connectivity index (χ3n) is 12.5. The van der Waals surface area contributed by atoms with Gasteiger partial charge in [-0.05, 0) is 160 Å². The highest BCUT2D eigenvalue weighted by Gasteiger charge is 2.40. The maximum Gasteiger partial charge on any atom is 0.240 e. The Morgan fingerprint density at radius 3 is 1.29 bits per heavy atom. The van der Waals surface area contributed by atoms with Gasteiger partial charge in [-0.15, -0.1) is 0 Å². The summed E-state index contributed by atoms with van der Waals surface area (Å²) in [5.74, 6) is 1.12. The summed E-state index contributed by atoms with van der Waals surface area (Å²) >= 11 is 0. The van der Waals surface area contributed by atoms with Crippen LogP contribution in [0.15, 0.2) is 80.4 Å². The van der Waals surface area contributed by atoms with E-state index >= 15 is 0 Å².